The number of halogens is 1. The maximum atomic E-state index is 11.8. The largest absolute Gasteiger partial charge is 0.508 e. The highest BCUT2D eigenvalue weighted by molar-refractivity contribution is 9.09. The average molecular weight is 428 g/mol. The van der Waals surface area contributed by atoms with Gasteiger partial charge in [0.1, 0.15) is 11.5 Å². The number of alkyl halides is 1. The van der Waals surface area contributed by atoms with Gasteiger partial charge < -0.3 is 10.2 Å². The molecule has 2 aliphatic rings. The summed E-state index contributed by atoms with van der Waals surface area (Å²) in [4.78, 5) is 16.2. The number of hydrazine groups is 1. The van der Waals surface area contributed by atoms with Crippen LogP contribution in [0.1, 0.15) is 24.1 Å². The van der Waals surface area contributed by atoms with Gasteiger partial charge in [0.2, 0.25) is 0 Å². The highest BCUT2D eigenvalue weighted by Crippen LogP contribution is 2.41. The minimum Gasteiger partial charge on any atom is -0.508 e. The Morgan fingerprint density at radius 1 is 1.15 bits per heavy atom. The third-order valence-electron chi connectivity index (χ3n) is 4.86. The standard InChI is InChI=1S/C20H18BrN3O3/c1-11-16(20(26)27)22-19-15(21)17(12-5-3-2-4-6-12)23-24(19)18(11)13-7-9-14(25)10-8-13/h2-10,15,17,19,23,25H,1H3,(H,26,27). The summed E-state index contributed by atoms with van der Waals surface area (Å²) in [7, 11) is 0. The van der Waals surface area contributed by atoms with E-state index < -0.39 is 12.1 Å². The second-order valence-electron chi connectivity index (χ2n) is 6.55. The Labute approximate surface area is 164 Å². The maximum absolute atomic E-state index is 11.8. The Kier molecular flexibility index (Phi) is 4.49. The van der Waals surface area contributed by atoms with Crippen molar-refractivity contribution in [1.82, 2.24) is 10.4 Å². The molecular weight excluding hydrogens is 410 g/mol. The van der Waals surface area contributed by atoms with Gasteiger partial charge in [-0.05, 0) is 42.3 Å². The number of aliphatic carboxylic acids is 1. The number of phenolic OH excluding ortho intramolecular Hbond substituents is 1. The van der Waals surface area contributed by atoms with Crippen molar-refractivity contribution in [3.8, 4) is 5.75 Å². The van der Waals surface area contributed by atoms with E-state index in [9.17, 15) is 15.0 Å². The first-order chi connectivity index (χ1) is 13.0. The van der Waals surface area contributed by atoms with Crippen LogP contribution in [0.4, 0.5) is 0 Å². The van der Waals surface area contributed by atoms with Crippen molar-refractivity contribution in [2.24, 2.45) is 4.99 Å². The fourth-order valence-electron chi connectivity index (χ4n) is 3.57. The number of carboxylic acids is 1. The van der Waals surface area contributed by atoms with Crippen LogP contribution in [0.15, 0.2) is 65.2 Å². The van der Waals surface area contributed by atoms with Gasteiger partial charge in [0.15, 0.2) is 6.17 Å². The smallest absolute Gasteiger partial charge is 0.354 e. The van der Waals surface area contributed by atoms with E-state index in [1.165, 1.54) is 0 Å². The van der Waals surface area contributed by atoms with E-state index in [1.807, 2.05) is 35.3 Å². The molecule has 3 unspecified atom stereocenters. The fourth-order valence-corrected chi connectivity index (χ4v) is 4.35. The van der Waals surface area contributed by atoms with Crippen LogP contribution >= 0.6 is 15.9 Å². The number of phenols is 1. The molecule has 2 aliphatic heterocycles. The lowest BCUT2D eigenvalue weighted by Gasteiger charge is -2.33. The zero-order valence-electron chi connectivity index (χ0n) is 14.5. The second kappa shape index (κ2) is 6.83. The van der Waals surface area contributed by atoms with Gasteiger partial charge in [-0.1, -0.05) is 46.3 Å². The van der Waals surface area contributed by atoms with E-state index in [4.69, 9.17) is 0 Å². The molecule has 3 N–H and O–H groups in total. The number of hydrogen-bond acceptors (Lipinski definition) is 5. The summed E-state index contributed by atoms with van der Waals surface area (Å²) in [6, 6.07) is 16.6. The first-order valence-corrected chi connectivity index (χ1v) is 9.45. The normalized spacial score (nSPS) is 24.6. The van der Waals surface area contributed by atoms with Gasteiger partial charge in [0, 0.05) is 5.57 Å². The number of carbonyl (C=O) groups is 1. The monoisotopic (exact) mass is 427 g/mol. The van der Waals surface area contributed by atoms with E-state index in [2.05, 4.69) is 26.3 Å². The summed E-state index contributed by atoms with van der Waals surface area (Å²) in [6.07, 6.45) is -0.409. The number of nitrogens with zero attached hydrogens (tertiary/aromatic N) is 2. The summed E-state index contributed by atoms with van der Waals surface area (Å²) in [6.45, 7) is 1.76. The van der Waals surface area contributed by atoms with Gasteiger partial charge in [-0.2, -0.15) is 0 Å². The Bertz CT molecular complexity index is 941. The summed E-state index contributed by atoms with van der Waals surface area (Å²) in [5.74, 6) is -0.891. The highest BCUT2D eigenvalue weighted by atomic mass is 79.9. The summed E-state index contributed by atoms with van der Waals surface area (Å²) >= 11 is 3.72. The highest BCUT2D eigenvalue weighted by Gasteiger charge is 2.45. The predicted molar refractivity (Wildman–Crippen MR) is 106 cm³/mol. The lowest BCUT2D eigenvalue weighted by molar-refractivity contribution is -0.129. The number of fused-ring (bicyclic) bond motifs is 1. The third kappa shape index (κ3) is 3.02. The van der Waals surface area contributed by atoms with Gasteiger partial charge in [0.05, 0.1) is 16.6 Å². The second-order valence-corrected chi connectivity index (χ2v) is 7.61. The van der Waals surface area contributed by atoms with Crippen LogP contribution in [0.3, 0.4) is 0 Å². The lowest BCUT2D eigenvalue weighted by Crippen LogP contribution is -2.42. The van der Waals surface area contributed by atoms with Gasteiger partial charge >= 0.3 is 5.97 Å². The molecule has 2 aromatic rings. The van der Waals surface area contributed by atoms with E-state index in [-0.39, 0.29) is 22.3 Å². The van der Waals surface area contributed by atoms with Gasteiger partial charge in [-0.25, -0.2) is 15.2 Å². The molecule has 0 saturated carbocycles. The average Bonchev–Trinajstić information content (AvgIpc) is 2.99. The molecule has 0 bridgehead atoms. The van der Waals surface area contributed by atoms with Crippen molar-refractivity contribution in [1.29, 1.82) is 0 Å². The molecule has 0 spiro atoms. The third-order valence-corrected chi connectivity index (χ3v) is 5.86. The van der Waals surface area contributed by atoms with E-state index >= 15 is 0 Å². The quantitative estimate of drug-likeness (QED) is 0.654. The molecule has 27 heavy (non-hydrogen) atoms. The summed E-state index contributed by atoms with van der Waals surface area (Å²) < 4.78 is 0. The van der Waals surface area contributed by atoms with Crippen molar-refractivity contribution < 1.29 is 15.0 Å². The Balaban J connectivity index is 1.82. The maximum Gasteiger partial charge on any atom is 0.354 e. The molecule has 7 heteroatoms. The van der Waals surface area contributed by atoms with E-state index in [0.717, 1.165) is 16.8 Å². The molecule has 1 fully saturated rings. The molecule has 0 aliphatic carbocycles. The van der Waals surface area contributed by atoms with E-state index in [1.54, 1.807) is 31.2 Å². The Morgan fingerprint density at radius 3 is 2.44 bits per heavy atom. The number of nitrogens with one attached hydrogen (secondary N) is 1. The van der Waals surface area contributed by atoms with Crippen LogP contribution in [0.5, 0.6) is 5.75 Å². The van der Waals surface area contributed by atoms with Crippen molar-refractivity contribution >= 4 is 33.3 Å². The van der Waals surface area contributed by atoms with Crippen LogP contribution in [0.25, 0.3) is 5.70 Å². The predicted octanol–water partition coefficient (Wildman–Crippen LogP) is 3.31. The SMILES string of the molecule is CC1=C(c2ccc(O)cc2)N2NC(c3ccccc3)C(Br)C2N=C1C(=O)O. The molecule has 6 nitrogen and oxygen atoms in total. The molecule has 0 amide bonds. The molecule has 0 aromatic heterocycles. The summed E-state index contributed by atoms with van der Waals surface area (Å²) in [5, 5.41) is 21.2. The molecule has 3 atom stereocenters. The van der Waals surface area contributed by atoms with E-state index in [0.29, 0.717) is 5.57 Å². The van der Waals surface area contributed by atoms with Crippen LogP contribution in [0.2, 0.25) is 0 Å². The molecule has 0 radical (unpaired) electrons. The zero-order chi connectivity index (χ0) is 19.1. The summed E-state index contributed by atoms with van der Waals surface area (Å²) in [5.41, 5.74) is 6.75. The molecule has 4 rings (SSSR count). The molecular formula is C20H18BrN3O3. The van der Waals surface area contributed by atoms with Gasteiger partial charge in [-0.3, -0.25) is 5.01 Å². The number of aliphatic imine (C=N–C) groups is 1. The van der Waals surface area contributed by atoms with Crippen molar-refractivity contribution in [2.45, 2.75) is 24.0 Å². The van der Waals surface area contributed by atoms with Gasteiger partial charge in [0.25, 0.3) is 0 Å². The fraction of sp³-hybridized carbons (Fsp3) is 0.200. The number of carboxylic acid groups (broad SMARTS) is 1. The van der Waals surface area contributed by atoms with Gasteiger partial charge in [-0.15, -0.1) is 0 Å². The number of aromatic hydroxyl groups is 1. The van der Waals surface area contributed by atoms with Crippen LogP contribution in [0, 0.1) is 0 Å². The first-order valence-electron chi connectivity index (χ1n) is 8.53. The van der Waals surface area contributed by atoms with Crippen molar-refractivity contribution in [3.05, 3.63) is 71.3 Å². The Hall–Kier alpha value is -2.64. The number of hydrogen-bond donors (Lipinski definition) is 3. The van der Waals surface area contributed by atoms with Crippen molar-refractivity contribution in [3.63, 3.8) is 0 Å². The molecule has 1 saturated heterocycles. The van der Waals surface area contributed by atoms with Crippen LogP contribution < -0.4 is 5.43 Å². The zero-order valence-corrected chi connectivity index (χ0v) is 16.1. The molecule has 138 valence electrons. The molecule has 2 heterocycles. The molecule has 2 aromatic carbocycles. The van der Waals surface area contributed by atoms with Crippen LogP contribution in [-0.4, -0.2) is 37.9 Å². The lowest BCUT2D eigenvalue weighted by atomic mass is 9.99. The minimum atomic E-state index is -1.05. The number of benzene rings is 2. The Morgan fingerprint density at radius 2 is 1.81 bits per heavy atom. The minimum absolute atomic E-state index is 0.0549. The van der Waals surface area contributed by atoms with Crippen LogP contribution in [-0.2, 0) is 4.79 Å². The van der Waals surface area contributed by atoms with Crippen molar-refractivity contribution in [2.75, 3.05) is 0 Å². The first kappa shape index (κ1) is 17.8. The topological polar surface area (TPSA) is 85.2 Å². The number of rotatable bonds is 3.